The van der Waals surface area contributed by atoms with Crippen molar-refractivity contribution in [2.24, 2.45) is 16.6 Å². The Kier molecular flexibility index (Phi) is 8.06. The summed E-state index contributed by atoms with van der Waals surface area (Å²) in [6.07, 6.45) is 19.4. The molecule has 2 rings (SSSR count). The number of nitrogens with two attached hydrogens (primary N) is 1. The maximum Gasteiger partial charge on any atom is 0.312 e. The fraction of sp³-hybridized carbons (Fsp3) is 0.952. The minimum atomic E-state index is -0.0710. The summed E-state index contributed by atoms with van der Waals surface area (Å²) in [5.41, 5.74) is 6.33. The van der Waals surface area contributed by atoms with Gasteiger partial charge in [0.15, 0.2) is 0 Å². The second kappa shape index (κ2) is 9.79. The third-order valence-corrected chi connectivity index (χ3v) is 6.31. The van der Waals surface area contributed by atoms with Crippen LogP contribution in [0.5, 0.6) is 0 Å². The molecule has 0 radical (unpaired) electrons. The molecule has 0 amide bonds. The van der Waals surface area contributed by atoms with Crippen molar-refractivity contribution in [1.29, 1.82) is 0 Å². The second-order valence-electron chi connectivity index (χ2n) is 8.39. The van der Waals surface area contributed by atoms with Crippen molar-refractivity contribution in [2.45, 2.75) is 103 Å². The van der Waals surface area contributed by atoms with Crippen LogP contribution in [0, 0.1) is 10.8 Å². The third-order valence-electron chi connectivity index (χ3n) is 6.31. The SMILES string of the molecule is CCOC(=O)C1(CCCCCCCCCCCC2(CN)CC2)CC1. The smallest absolute Gasteiger partial charge is 0.312 e. The van der Waals surface area contributed by atoms with Gasteiger partial charge in [0.25, 0.3) is 0 Å². The van der Waals surface area contributed by atoms with E-state index in [0.29, 0.717) is 12.0 Å². The van der Waals surface area contributed by atoms with Gasteiger partial charge in [0.05, 0.1) is 12.0 Å². The quantitative estimate of drug-likeness (QED) is 0.323. The highest BCUT2D eigenvalue weighted by Gasteiger charge is 2.50. The molecule has 2 saturated carbocycles. The van der Waals surface area contributed by atoms with Gasteiger partial charge < -0.3 is 10.5 Å². The Morgan fingerprint density at radius 1 is 0.833 bits per heavy atom. The van der Waals surface area contributed by atoms with Crippen LogP contribution in [0.2, 0.25) is 0 Å². The number of rotatable bonds is 15. The van der Waals surface area contributed by atoms with Crippen molar-refractivity contribution in [3.8, 4) is 0 Å². The molecule has 0 aliphatic heterocycles. The number of hydrogen-bond acceptors (Lipinski definition) is 3. The van der Waals surface area contributed by atoms with Gasteiger partial charge >= 0.3 is 5.97 Å². The number of carbonyl (C=O) groups is 1. The number of hydrogen-bond donors (Lipinski definition) is 1. The molecule has 3 heteroatoms. The van der Waals surface area contributed by atoms with Crippen LogP contribution in [0.4, 0.5) is 0 Å². The second-order valence-corrected chi connectivity index (χ2v) is 8.39. The van der Waals surface area contributed by atoms with Gasteiger partial charge in [0.1, 0.15) is 0 Å². The number of esters is 1. The molecule has 0 aromatic carbocycles. The topological polar surface area (TPSA) is 52.3 Å². The average Bonchev–Trinajstić information content (AvgIpc) is 3.49. The molecule has 2 fully saturated rings. The summed E-state index contributed by atoms with van der Waals surface area (Å²) in [7, 11) is 0. The van der Waals surface area contributed by atoms with Crippen LogP contribution < -0.4 is 5.73 Å². The maximum absolute atomic E-state index is 11.9. The van der Waals surface area contributed by atoms with Gasteiger partial charge in [-0.05, 0) is 57.4 Å². The van der Waals surface area contributed by atoms with Gasteiger partial charge in [0.2, 0.25) is 0 Å². The Morgan fingerprint density at radius 2 is 1.33 bits per heavy atom. The molecule has 0 aromatic rings. The highest BCUT2D eigenvalue weighted by Crippen LogP contribution is 2.51. The van der Waals surface area contributed by atoms with Gasteiger partial charge in [-0.3, -0.25) is 4.79 Å². The van der Waals surface area contributed by atoms with E-state index in [9.17, 15) is 4.79 Å². The Hall–Kier alpha value is -0.570. The van der Waals surface area contributed by atoms with Gasteiger partial charge in [-0.2, -0.15) is 0 Å². The van der Waals surface area contributed by atoms with Crippen LogP contribution in [-0.4, -0.2) is 19.1 Å². The van der Waals surface area contributed by atoms with E-state index in [2.05, 4.69) is 0 Å². The normalized spacial score (nSPS) is 19.9. The molecule has 24 heavy (non-hydrogen) atoms. The fourth-order valence-electron chi connectivity index (χ4n) is 3.93. The Balaban J connectivity index is 1.34. The van der Waals surface area contributed by atoms with E-state index >= 15 is 0 Å². The minimum absolute atomic E-state index is 0.0626. The van der Waals surface area contributed by atoms with Crippen LogP contribution in [0.25, 0.3) is 0 Å². The molecule has 0 saturated heterocycles. The molecule has 3 nitrogen and oxygen atoms in total. The maximum atomic E-state index is 11.9. The zero-order valence-corrected chi connectivity index (χ0v) is 15.9. The van der Waals surface area contributed by atoms with E-state index in [1.807, 2.05) is 6.92 Å². The molecule has 0 unspecified atom stereocenters. The first-order valence-corrected chi connectivity index (χ1v) is 10.5. The summed E-state index contributed by atoms with van der Waals surface area (Å²) in [5.74, 6) is 0.0626. The van der Waals surface area contributed by atoms with Crippen molar-refractivity contribution in [2.75, 3.05) is 13.2 Å². The molecular weight excluding hydrogens is 298 g/mol. The lowest BCUT2D eigenvalue weighted by Crippen LogP contribution is -2.18. The lowest BCUT2D eigenvalue weighted by molar-refractivity contribution is -0.150. The average molecular weight is 338 g/mol. The Bertz CT molecular complexity index is 372. The highest BCUT2D eigenvalue weighted by atomic mass is 16.5. The van der Waals surface area contributed by atoms with E-state index < -0.39 is 0 Å². The highest BCUT2D eigenvalue weighted by molar-refractivity contribution is 5.79. The van der Waals surface area contributed by atoms with Gasteiger partial charge in [-0.1, -0.05) is 57.8 Å². The summed E-state index contributed by atoms with van der Waals surface area (Å²) < 4.78 is 5.20. The third kappa shape index (κ3) is 6.38. The standard InChI is InChI=1S/C21H39NO2/c1-2-24-19(23)21(16-17-21)13-11-9-7-5-3-4-6-8-10-12-20(18-22)14-15-20/h2-18,22H2,1H3. The number of ether oxygens (including phenoxy) is 1. The lowest BCUT2D eigenvalue weighted by atomic mass is 9.96. The van der Waals surface area contributed by atoms with E-state index in [1.165, 1.54) is 77.0 Å². The zero-order valence-electron chi connectivity index (χ0n) is 15.9. The molecule has 2 aliphatic carbocycles. The Labute approximate surface area is 149 Å². The molecule has 0 heterocycles. The molecule has 0 bridgehead atoms. The number of unbranched alkanes of at least 4 members (excludes halogenated alkanes) is 8. The summed E-state index contributed by atoms with van der Waals surface area (Å²) in [6, 6.07) is 0. The molecule has 2 N–H and O–H groups in total. The van der Waals surface area contributed by atoms with E-state index in [-0.39, 0.29) is 11.4 Å². The van der Waals surface area contributed by atoms with E-state index in [0.717, 1.165) is 25.8 Å². The first kappa shape index (κ1) is 19.8. The predicted octanol–water partition coefficient (Wildman–Crippen LogP) is 5.36. The minimum Gasteiger partial charge on any atom is -0.466 e. The van der Waals surface area contributed by atoms with E-state index in [4.69, 9.17) is 10.5 Å². The van der Waals surface area contributed by atoms with Crippen LogP contribution >= 0.6 is 0 Å². The first-order valence-electron chi connectivity index (χ1n) is 10.5. The van der Waals surface area contributed by atoms with Crippen molar-refractivity contribution in [1.82, 2.24) is 0 Å². The van der Waals surface area contributed by atoms with Crippen LogP contribution in [0.3, 0.4) is 0 Å². The first-order chi connectivity index (χ1) is 11.7. The lowest BCUT2D eigenvalue weighted by Gasteiger charge is -2.13. The van der Waals surface area contributed by atoms with Crippen LogP contribution in [0.15, 0.2) is 0 Å². The molecule has 0 spiro atoms. The van der Waals surface area contributed by atoms with Gasteiger partial charge in [0, 0.05) is 0 Å². The van der Waals surface area contributed by atoms with Crippen LogP contribution in [0.1, 0.15) is 103 Å². The largest absolute Gasteiger partial charge is 0.466 e. The summed E-state index contributed by atoms with van der Waals surface area (Å²) >= 11 is 0. The van der Waals surface area contributed by atoms with Gasteiger partial charge in [-0.25, -0.2) is 0 Å². The van der Waals surface area contributed by atoms with Crippen LogP contribution in [-0.2, 0) is 9.53 Å². The summed E-state index contributed by atoms with van der Waals surface area (Å²) in [5, 5.41) is 0. The van der Waals surface area contributed by atoms with Crippen molar-refractivity contribution >= 4 is 5.97 Å². The van der Waals surface area contributed by atoms with Crippen molar-refractivity contribution in [3.05, 3.63) is 0 Å². The Morgan fingerprint density at radius 3 is 1.75 bits per heavy atom. The van der Waals surface area contributed by atoms with Crippen molar-refractivity contribution in [3.63, 3.8) is 0 Å². The van der Waals surface area contributed by atoms with E-state index in [1.54, 1.807) is 0 Å². The van der Waals surface area contributed by atoms with Gasteiger partial charge in [-0.15, -0.1) is 0 Å². The summed E-state index contributed by atoms with van der Waals surface area (Å²) in [6.45, 7) is 3.33. The van der Waals surface area contributed by atoms with Crippen molar-refractivity contribution < 1.29 is 9.53 Å². The molecular formula is C21H39NO2. The predicted molar refractivity (Wildman–Crippen MR) is 99.8 cm³/mol. The molecule has 140 valence electrons. The molecule has 0 atom stereocenters. The number of carbonyl (C=O) groups excluding carboxylic acids is 1. The fourth-order valence-corrected chi connectivity index (χ4v) is 3.93. The molecule has 0 aromatic heterocycles. The monoisotopic (exact) mass is 337 g/mol. The molecule has 2 aliphatic rings. The summed E-state index contributed by atoms with van der Waals surface area (Å²) in [4.78, 5) is 11.9. The zero-order chi connectivity index (χ0) is 17.3.